The fourth-order valence-corrected chi connectivity index (χ4v) is 4.97. The van der Waals surface area contributed by atoms with Gasteiger partial charge in [-0.1, -0.05) is 155 Å². The zero-order valence-electron chi connectivity index (χ0n) is 23.8. The van der Waals surface area contributed by atoms with Crippen molar-refractivity contribution in [3.05, 3.63) is 0 Å². The Morgan fingerprint density at radius 1 is 0.500 bits per heavy atom. The molecule has 0 aliphatic heterocycles. The highest BCUT2D eigenvalue weighted by Crippen LogP contribution is 2.15. The Labute approximate surface area is 214 Å². The lowest BCUT2D eigenvalue weighted by atomic mass is 10.0. The highest BCUT2D eigenvalue weighted by atomic mass is 16.4. The number of hydrogen-bond acceptors (Lipinski definition) is 2. The number of hydrogen-bond donors (Lipinski definition) is 1. The molecule has 0 radical (unpaired) electrons. The normalized spacial score (nSPS) is 12.5. The largest absolute Gasteiger partial charge is 0.480 e. The maximum atomic E-state index is 11.5. The van der Waals surface area contributed by atoms with Gasteiger partial charge in [0.1, 0.15) is 6.04 Å². The molecule has 1 N–H and O–H groups in total. The van der Waals surface area contributed by atoms with Gasteiger partial charge in [0, 0.05) is 0 Å². The summed E-state index contributed by atoms with van der Waals surface area (Å²) in [6.07, 6.45) is 32.5. The van der Waals surface area contributed by atoms with Crippen molar-refractivity contribution in [1.82, 2.24) is 4.90 Å². The predicted molar refractivity (Wildman–Crippen MR) is 151 cm³/mol. The molecule has 0 bridgehead atoms. The minimum Gasteiger partial charge on any atom is -0.480 e. The van der Waals surface area contributed by atoms with Crippen LogP contribution in [0.1, 0.15) is 175 Å². The average Bonchev–Trinajstić information content (AvgIpc) is 2.83. The predicted octanol–water partition coefficient (Wildman–Crippen LogP) is 10.2. The monoisotopic (exact) mass is 481 g/mol. The van der Waals surface area contributed by atoms with Gasteiger partial charge in [0.05, 0.1) is 0 Å². The fourth-order valence-electron chi connectivity index (χ4n) is 4.97. The third-order valence-electron chi connectivity index (χ3n) is 7.50. The van der Waals surface area contributed by atoms with Crippen LogP contribution in [0.15, 0.2) is 0 Å². The number of aliphatic carboxylic acids is 1. The summed E-state index contributed by atoms with van der Waals surface area (Å²) in [4.78, 5) is 13.8. The van der Waals surface area contributed by atoms with Crippen LogP contribution in [0.2, 0.25) is 0 Å². The van der Waals surface area contributed by atoms with Crippen LogP contribution in [0.4, 0.5) is 0 Å². The van der Waals surface area contributed by atoms with E-state index < -0.39 is 5.97 Å². The molecule has 0 unspecified atom stereocenters. The van der Waals surface area contributed by atoms with Gasteiger partial charge in [-0.2, -0.15) is 0 Å². The third-order valence-corrected chi connectivity index (χ3v) is 7.50. The molecule has 3 nitrogen and oxygen atoms in total. The van der Waals surface area contributed by atoms with E-state index in [4.69, 9.17) is 0 Å². The van der Waals surface area contributed by atoms with Crippen LogP contribution in [-0.4, -0.2) is 35.1 Å². The van der Waals surface area contributed by atoms with Gasteiger partial charge in [-0.25, -0.2) is 0 Å². The van der Waals surface area contributed by atoms with Crippen LogP contribution in [0.5, 0.6) is 0 Å². The Kier molecular flexibility index (Phi) is 26.6. The van der Waals surface area contributed by atoms with Gasteiger partial charge >= 0.3 is 5.97 Å². The molecule has 0 spiro atoms. The van der Waals surface area contributed by atoms with E-state index in [2.05, 4.69) is 18.7 Å². The zero-order chi connectivity index (χ0) is 25.1. The standard InChI is InChI=1S/C31H63NO2/c1-4-6-8-10-12-14-16-18-20-22-24-26-28-32(30(3)31(33)34)29-27-25-23-21-19-17-15-13-11-9-7-5-2/h30H,4-29H2,1-3H3,(H,33,34)/t30-/m0/s1. The summed E-state index contributed by atoms with van der Waals surface area (Å²) in [5.74, 6) is -0.669. The van der Waals surface area contributed by atoms with Crippen molar-refractivity contribution in [2.24, 2.45) is 0 Å². The molecule has 0 aliphatic rings. The molecule has 0 aromatic heterocycles. The van der Waals surface area contributed by atoms with Crippen LogP contribution >= 0.6 is 0 Å². The van der Waals surface area contributed by atoms with E-state index in [1.165, 1.54) is 141 Å². The second-order valence-electron chi connectivity index (χ2n) is 10.8. The van der Waals surface area contributed by atoms with Gasteiger partial charge in [0.15, 0.2) is 0 Å². The van der Waals surface area contributed by atoms with Crippen molar-refractivity contribution < 1.29 is 9.90 Å². The second kappa shape index (κ2) is 27.0. The highest BCUT2D eigenvalue weighted by Gasteiger charge is 2.19. The van der Waals surface area contributed by atoms with Crippen molar-refractivity contribution in [2.45, 2.75) is 181 Å². The van der Waals surface area contributed by atoms with E-state index in [9.17, 15) is 9.90 Å². The maximum Gasteiger partial charge on any atom is 0.320 e. The Morgan fingerprint density at radius 2 is 0.735 bits per heavy atom. The minimum absolute atomic E-state index is 0.347. The van der Waals surface area contributed by atoms with Crippen LogP contribution in [0.3, 0.4) is 0 Å². The number of unbranched alkanes of at least 4 members (excludes halogenated alkanes) is 22. The van der Waals surface area contributed by atoms with E-state index >= 15 is 0 Å². The Hall–Kier alpha value is -0.570. The smallest absolute Gasteiger partial charge is 0.320 e. The van der Waals surface area contributed by atoms with Crippen molar-refractivity contribution in [2.75, 3.05) is 13.1 Å². The number of rotatable bonds is 28. The first-order valence-corrected chi connectivity index (χ1v) is 15.6. The van der Waals surface area contributed by atoms with Crippen molar-refractivity contribution >= 4 is 5.97 Å². The third kappa shape index (κ3) is 23.2. The maximum absolute atomic E-state index is 11.5. The van der Waals surface area contributed by atoms with E-state index in [-0.39, 0.29) is 6.04 Å². The summed E-state index contributed by atoms with van der Waals surface area (Å²) in [5.41, 5.74) is 0. The Bertz CT molecular complexity index is 384. The van der Waals surface area contributed by atoms with Crippen LogP contribution in [0.25, 0.3) is 0 Å². The molecule has 204 valence electrons. The van der Waals surface area contributed by atoms with Crippen molar-refractivity contribution in [3.63, 3.8) is 0 Å². The molecule has 0 saturated heterocycles. The molecule has 1 atom stereocenters. The first-order chi connectivity index (χ1) is 16.6. The molecule has 0 aromatic rings. The summed E-state index contributed by atoms with van der Waals surface area (Å²) in [6, 6.07) is -0.347. The number of carboxylic acid groups (broad SMARTS) is 1. The van der Waals surface area contributed by atoms with Crippen LogP contribution in [-0.2, 0) is 4.79 Å². The van der Waals surface area contributed by atoms with Gasteiger partial charge in [-0.05, 0) is 32.9 Å². The van der Waals surface area contributed by atoms with Gasteiger partial charge in [-0.15, -0.1) is 0 Å². The molecular formula is C31H63NO2. The number of carboxylic acids is 1. The first kappa shape index (κ1) is 33.4. The van der Waals surface area contributed by atoms with Crippen molar-refractivity contribution in [1.29, 1.82) is 0 Å². The average molecular weight is 482 g/mol. The quantitative estimate of drug-likeness (QED) is 0.113. The first-order valence-electron chi connectivity index (χ1n) is 15.6. The van der Waals surface area contributed by atoms with E-state index in [0.29, 0.717) is 0 Å². The number of nitrogens with zero attached hydrogens (tertiary/aromatic N) is 1. The van der Waals surface area contributed by atoms with E-state index in [0.717, 1.165) is 25.9 Å². The molecule has 3 heteroatoms. The van der Waals surface area contributed by atoms with Gasteiger partial charge in [0.2, 0.25) is 0 Å². The lowest BCUT2D eigenvalue weighted by molar-refractivity contribution is -0.142. The topological polar surface area (TPSA) is 40.5 Å². The van der Waals surface area contributed by atoms with E-state index in [1.807, 2.05) is 6.92 Å². The minimum atomic E-state index is -0.669. The molecule has 34 heavy (non-hydrogen) atoms. The summed E-state index contributed by atoms with van der Waals surface area (Å²) in [6.45, 7) is 8.32. The molecule has 0 aromatic carbocycles. The Balaban J connectivity index is 3.68. The molecular weight excluding hydrogens is 418 g/mol. The summed E-state index contributed by atoms with van der Waals surface area (Å²) in [7, 11) is 0. The van der Waals surface area contributed by atoms with Crippen molar-refractivity contribution in [3.8, 4) is 0 Å². The lowest BCUT2D eigenvalue weighted by Crippen LogP contribution is -2.40. The second-order valence-corrected chi connectivity index (χ2v) is 10.8. The van der Waals surface area contributed by atoms with Gasteiger partial charge in [0.25, 0.3) is 0 Å². The molecule has 0 rings (SSSR count). The lowest BCUT2D eigenvalue weighted by Gasteiger charge is -2.26. The summed E-state index contributed by atoms with van der Waals surface area (Å²) in [5, 5.41) is 9.49. The molecule has 0 fully saturated rings. The van der Waals surface area contributed by atoms with Crippen LogP contribution < -0.4 is 0 Å². The molecule has 0 amide bonds. The van der Waals surface area contributed by atoms with Gasteiger partial charge < -0.3 is 5.11 Å². The molecule has 0 saturated carbocycles. The Morgan fingerprint density at radius 3 is 0.971 bits per heavy atom. The zero-order valence-corrected chi connectivity index (χ0v) is 23.8. The fraction of sp³-hybridized carbons (Fsp3) is 0.968. The van der Waals surface area contributed by atoms with E-state index in [1.54, 1.807) is 0 Å². The number of carbonyl (C=O) groups is 1. The molecule has 0 heterocycles. The van der Waals surface area contributed by atoms with Gasteiger partial charge in [-0.3, -0.25) is 9.69 Å². The SMILES string of the molecule is CCCCCCCCCCCCCCN(CCCCCCCCCCCCCC)[C@@H](C)C(=O)O. The summed E-state index contributed by atoms with van der Waals surface area (Å²) >= 11 is 0. The molecule has 0 aliphatic carbocycles. The summed E-state index contributed by atoms with van der Waals surface area (Å²) < 4.78 is 0. The highest BCUT2D eigenvalue weighted by molar-refractivity contribution is 5.72. The van der Waals surface area contributed by atoms with Crippen LogP contribution in [0, 0.1) is 0 Å².